The maximum atomic E-state index is 13.1. The number of aromatic nitrogens is 2. The van der Waals surface area contributed by atoms with E-state index in [9.17, 15) is 14.4 Å². The molecular weight excluding hydrogens is 422 g/mol. The van der Waals surface area contributed by atoms with Crippen molar-refractivity contribution in [3.63, 3.8) is 0 Å². The number of nitrogens with one attached hydrogen (secondary N) is 2. The first kappa shape index (κ1) is 20.6. The number of nitrogens with zero attached hydrogens (tertiary/aromatic N) is 3. The zero-order valence-corrected chi connectivity index (χ0v) is 18.1. The van der Waals surface area contributed by atoms with E-state index in [0.717, 1.165) is 22.5 Å². The topological polar surface area (TPSA) is 114 Å². The van der Waals surface area contributed by atoms with Crippen molar-refractivity contribution in [2.75, 3.05) is 13.7 Å². The zero-order valence-electron chi connectivity index (χ0n) is 18.1. The number of imide groups is 1. The van der Waals surface area contributed by atoms with Crippen LogP contribution in [0.15, 0.2) is 54.9 Å². The Morgan fingerprint density at radius 3 is 2.48 bits per heavy atom. The van der Waals surface area contributed by atoms with E-state index in [2.05, 4.69) is 20.6 Å². The van der Waals surface area contributed by atoms with Crippen LogP contribution in [0.1, 0.15) is 27.2 Å². The molecule has 3 aromatic rings. The van der Waals surface area contributed by atoms with Crippen LogP contribution in [0.5, 0.6) is 5.75 Å². The summed E-state index contributed by atoms with van der Waals surface area (Å²) in [6.07, 6.45) is 3.25. The highest BCUT2D eigenvalue weighted by atomic mass is 16.5. The molecule has 9 nitrogen and oxygen atoms in total. The van der Waals surface area contributed by atoms with Crippen molar-refractivity contribution < 1.29 is 19.1 Å². The number of aryl methyl sites for hydroxylation is 1. The summed E-state index contributed by atoms with van der Waals surface area (Å²) in [6, 6.07) is 11.9. The number of ether oxygens (including phenoxy) is 1. The molecule has 2 aliphatic heterocycles. The molecule has 5 rings (SSSR count). The van der Waals surface area contributed by atoms with Crippen LogP contribution in [0.25, 0.3) is 11.3 Å². The van der Waals surface area contributed by atoms with E-state index in [1.807, 2.05) is 25.1 Å². The van der Waals surface area contributed by atoms with E-state index in [1.54, 1.807) is 48.7 Å². The Kier molecular flexibility index (Phi) is 4.81. The Balaban J connectivity index is 1.49. The second-order valence-corrected chi connectivity index (χ2v) is 8.07. The first-order chi connectivity index (χ1) is 15.9. The largest absolute Gasteiger partial charge is 0.497 e. The van der Waals surface area contributed by atoms with Crippen molar-refractivity contribution in [2.24, 2.45) is 0 Å². The van der Waals surface area contributed by atoms with Crippen LogP contribution in [0.4, 0.5) is 4.79 Å². The van der Waals surface area contributed by atoms with Crippen LogP contribution in [-0.2, 0) is 16.9 Å². The third-order valence-electron chi connectivity index (χ3n) is 6.10. The number of hydrogen-bond acceptors (Lipinski definition) is 6. The highest BCUT2D eigenvalue weighted by molar-refractivity contribution is 6.08. The van der Waals surface area contributed by atoms with Gasteiger partial charge in [-0.3, -0.25) is 24.9 Å². The van der Waals surface area contributed by atoms with Gasteiger partial charge in [-0.2, -0.15) is 0 Å². The number of urea groups is 1. The molecule has 0 radical (unpaired) electrons. The molecule has 3 heterocycles. The highest BCUT2D eigenvalue weighted by Crippen LogP contribution is 2.33. The molecular formula is C24H21N5O4. The third-order valence-corrected chi connectivity index (χ3v) is 6.10. The summed E-state index contributed by atoms with van der Waals surface area (Å²) in [5.74, 6) is -0.137. The van der Waals surface area contributed by atoms with Crippen molar-refractivity contribution in [3.8, 4) is 17.0 Å². The zero-order chi connectivity index (χ0) is 23.2. The molecule has 0 spiro atoms. The number of benzene rings is 2. The lowest BCUT2D eigenvalue weighted by Crippen LogP contribution is -2.52. The van der Waals surface area contributed by atoms with Crippen molar-refractivity contribution >= 4 is 17.8 Å². The molecule has 2 N–H and O–H groups in total. The van der Waals surface area contributed by atoms with E-state index in [-0.39, 0.29) is 12.5 Å². The first-order valence-electron chi connectivity index (χ1n) is 10.4. The van der Waals surface area contributed by atoms with Crippen LogP contribution in [0.2, 0.25) is 0 Å². The van der Waals surface area contributed by atoms with Crippen LogP contribution >= 0.6 is 0 Å². The SMILES string of the molecule is COc1ccc2c(c1)C(=O)N(C[C@]1(c3ccc(-c4nccnc4C)cc3)NC(=O)NC1=O)C2. The Hall–Kier alpha value is -4.27. The molecule has 0 aliphatic carbocycles. The van der Waals surface area contributed by atoms with Gasteiger partial charge in [0.2, 0.25) is 0 Å². The molecule has 0 saturated carbocycles. The molecule has 2 aromatic carbocycles. The lowest BCUT2D eigenvalue weighted by Gasteiger charge is -2.31. The Labute approximate surface area is 189 Å². The Bertz CT molecular complexity index is 1290. The van der Waals surface area contributed by atoms with E-state index < -0.39 is 17.5 Å². The molecule has 33 heavy (non-hydrogen) atoms. The van der Waals surface area contributed by atoms with Gasteiger partial charge in [0, 0.05) is 30.1 Å². The van der Waals surface area contributed by atoms with E-state index in [4.69, 9.17) is 4.74 Å². The molecule has 0 unspecified atom stereocenters. The minimum Gasteiger partial charge on any atom is -0.497 e. The molecule has 1 fully saturated rings. The maximum absolute atomic E-state index is 13.1. The van der Waals surface area contributed by atoms with Crippen LogP contribution in [0.3, 0.4) is 0 Å². The van der Waals surface area contributed by atoms with Crippen molar-refractivity contribution in [1.82, 2.24) is 25.5 Å². The van der Waals surface area contributed by atoms with Crippen molar-refractivity contribution in [2.45, 2.75) is 19.0 Å². The summed E-state index contributed by atoms with van der Waals surface area (Å²) in [6.45, 7) is 2.19. The fraction of sp³-hybridized carbons (Fsp3) is 0.208. The van der Waals surface area contributed by atoms with Crippen molar-refractivity contribution in [1.29, 1.82) is 0 Å². The number of amides is 4. The molecule has 1 atom stereocenters. The predicted octanol–water partition coefficient (Wildman–Crippen LogP) is 2.15. The fourth-order valence-corrected chi connectivity index (χ4v) is 4.38. The summed E-state index contributed by atoms with van der Waals surface area (Å²) in [4.78, 5) is 48.5. The van der Waals surface area contributed by atoms with Gasteiger partial charge < -0.3 is 15.0 Å². The average Bonchev–Trinajstić information content (AvgIpc) is 3.29. The summed E-state index contributed by atoms with van der Waals surface area (Å²) in [5, 5.41) is 5.08. The second-order valence-electron chi connectivity index (χ2n) is 8.07. The van der Waals surface area contributed by atoms with E-state index in [0.29, 0.717) is 23.4 Å². The molecule has 0 bridgehead atoms. The predicted molar refractivity (Wildman–Crippen MR) is 118 cm³/mol. The summed E-state index contributed by atoms with van der Waals surface area (Å²) in [5.41, 5.74) is 2.88. The van der Waals surface area contributed by atoms with Crippen LogP contribution in [-0.4, -0.2) is 46.4 Å². The average molecular weight is 443 g/mol. The van der Waals surface area contributed by atoms with Crippen LogP contribution in [0, 0.1) is 6.92 Å². The van der Waals surface area contributed by atoms with Gasteiger partial charge in [-0.1, -0.05) is 30.3 Å². The monoisotopic (exact) mass is 443 g/mol. The molecule has 166 valence electrons. The smallest absolute Gasteiger partial charge is 0.322 e. The second kappa shape index (κ2) is 7.70. The maximum Gasteiger partial charge on any atom is 0.322 e. The van der Waals surface area contributed by atoms with Gasteiger partial charge >= 0.3 is 6.03 Å². The molecule has 4 amide bonds. The van der Waals surface area contributed by atoms with E-state index >= 15 is 0 Å². The molecule has 1 aromatic heterocycles. The quantitative estimate of drug-likeness (QED) is 0.584. The number of fused-ring (bicyclic) bond motifs is 1. The van der Waals surface area contributed by atoms with E-state index in [1.165, 1.54) is 0 Å². The van der Waals surface area contributed by atoms with Gasteiger partial charge in [0.25, 0.3) is 11.8 Å². The first-order valence-corrected chi connectivity index (χ1v) is 10.4. The number of hydrogen-bond donors (Lipinski definition) is 2. The standard InChI is InChI=1S/C24H21N5O4/c1-14-20(26-10-9-25-14)15-3-6-17(7-4-15)24(22(31)27-23(32)28-24)13-29-12-16-5-8-18(33-2)11-19(16)21(29)30/h3-11H,12-13H2,1-2H3,(H2,27,28,31,32)/t24-/m1/s1. The molecule has 1 saturated heterocycles. The summed E-state index contributed by atoms with van der Waals surface area (Å²) in [7, 11) is 1.54. The molecule has 2 aliphatic rings. The minimum absolute atomic E-state index is 0.0100. The van der Waals surface area contributed by atoms with Gasteiger partial charge in [-0.05, 0) is 30.2 Å². The highest BCUT2D eigenvalue weighted by Gasteiger charge is 2.50. The number of carbonyl (C=O) groups excluding carboxylic acids is 3. The van der Waals surface area contributed by atoms with Crippen LogP contribution < -0.4 is 15.4 Å². The summed E-state index contributed by atoms with van der Waals surface area (Å²) >= 11 is 0. The third kappa shape index (κ3) is 3.38. The minimum atomic E-state index is -1.41. The normalized spacial score (nSPS) is 19.3. The lowest BCUT2D eigenvalue weighted by molar-refractivity contribution is -0.124. The lowest BCUT2D eigenvalue weighted by atomic mass is 9.88. The number of rotatable bonds is 5. The fourth-order valence-electron chi connectivity index (χ4n) is 4.38. The Morgan fingerprint density at radius 1 is 1.06 bits per heavy atom. The van der Waals surface area contributed by atoms with Gasteiger partial charge in [0.15, 0.2) is 5.54 Å². The van der Waals surface area contributed by atoms with Gasteiger partial charge in [-0.25, -0.2) is 4.79 Å². The van der Waals surface area contributed by atoms with Crippen molar-refractivity contribution in [3.05, 3.63) is 77.2 Å². The Morgan fingerprint density at radius 2 is 1.82 bits per heavy atom. The van der Waals surface area contributed by atoms with Gasteiger partial charge in [0.1, 0.15) is 5.75 Å². The summed E-state index contributed by atoms with van der Waals surface area (Å²) < 4.78 is 5.23. The number of methoxy groups -OCH3 is 1. The number of carbonyl (C=O) groups is 3. The van der Waals surface area contributed by atoms with Gasteiger partial charge in [0.05, 0.1) is 25.0 Å². The molecule has 9 heteroatoms. The van der Waals surface area contributed by atoms with Gasteiger partial charge in [-0.15, -0.1) is 0 Å².